The minimum atomic E-state index is -0.627. The first-order chi connectivity index (χ1) is 17.0. The first kappa shape index (κ1) is 23.7. The summed E-state index contributed by atoms with van der Waals surface area (Å²) in [7, 11) is 0. The van der Waals surface area contributed by atoms with Gasteiger partial charge in [0.15, 0.2) is 0 Å². The molecule has 1 aromatic carbocycles. The van der Waals surface area contributed by atoms with Crippen molar-refractivity contribution in [3.63, 3.8) is 0 Å². The topological polar surface area (TPSA) is 106 Å². The molecule has 8 nitrogen and oxygen atoms in total. The molecule has 0 saturated heterocycles. The number of aryl methyl sites for hydroxylation is 3. The van der Waals surface area contributed by atoms with Crippen LogP contribution < -0.4 is 16.1 Å². The van der Waals surface area contributed by atoms with Crippen LogP contribution in [0.5, 0.6) is 0 Å². The minimum Gasteiger partial charge on any atom is -0.467 e. The van der Waals surface area contributed by atoms with E-state index < -0.39 is 17.2 Å². The normalized spacial score (nSPS) is 10.7. The first-order valence-electron chi connectivity index (χ1n) is 11.3. The van der Waals surface area contributed by atoms with E-state index >= 15 is 0 Å². The minimum absolute atomic E-state index is 0.0937. The predicted molar refractivity (Wildman–Crippen MR) is 131 cm³/mol. The first-order valence-corrected chi connectivity index (χ1v) is 11.3. The van der Waals surface area contributed by atoms with Gasteiger partial charge in [-0.25, -0.2) is 0 Å². The number of carbonyl (C=O) groups excluding carboxylic acids is 2. The number of furan rings is 1. The van der Waals surface area contributed by atoms with Crippen LogP contribution in [0.2, 0.25) is 0 Å². The van der Waals surface area contributed by atoms with Crippen LogP contribution in [0.3, 0.4) is 0 Å². The van der Waals surface area contributed by atoms with E-state index in [4.69, 9.17) is 4.42 Å². The van der Waals surface area contributed by atoms with Crippen LogP contribution in [0, 0.1) is 6.92 Å². The molecule has 0 spiro atoms. The molecule has 0 radical (unpaired) electrons. The summed E-state index contributed by atoms with van der Waals surface area (Å²) in [6.07, 6.45) is 6.74. The molecule has 3 heterocycles. The van der Waals surface area contributed by atoms with Gasteiger partial charge in [-0.15, -0.1) is 0 Å². The van der Waals surface area contributed by atoms with Crippen LogP contribution in [0.15, 0.2) is 88.7 Å². The van der Waals surface area contributed by atoms with E-state index in [1.54, 1.807) is 22.9 Å². The standard InChI is InChI=1S/C27H26N4O4/c1-19-7-9-20(10-8-19)15-29-26(33)23-17-31(13-11-21-5-2-3-12-28-21)18-24(25(23)32)27(34)30-16-22-6-4-14-35-22/h2-10,12,14,17-18H,11,13,15-16H2,1H3,(H,29,33)(H,30,34). The van der Waals surface area contributed by atoms with Gasteiger partial charge in [-0.3, -0.25) is 19.4 Å². The number of hydrogen-bond acceptors (Lipinski definition) is 5. The van der Waals surface area contributed by atoms with Gasteiger partial charge < -0.3 is 19.6 Å². The molecule has 0 aliphatic rings. The molecule has 0 bridgehead atoms. The average molecular weight is 471 g/mol. The Labute approximate surface area is 202 Å². The number of pyridine rings is 2. The Morgan fingerprint density at radius 3 is 2.26 bits per heavy atom. The molecule has 8 heteroatoms. The molecule has 4 aromatic rings. The van der Waals surface area contributed by atoms with Crippen LogP contribution in [0.1, 0.15) is 43.3 Å². The molecule has 178 valence electrons. The van der Waals surface area contributed by atoms with E-state index in [0.29, 0.717) is 18.7 Å². The number of carbonyl (C=O) groups is 2. The average Bonchev–Trinajstić information content (AvgIpc) is 3.40. The number of nitrogens with one attached hydrogen (secondary N) is 2. The molecular formula is C27H26N4O4. The van der Waals surface area contributed by atoms with Crippen LogP contribution in [-0.4, -0.2) is 21.4 Å². The Hall–Kier alpha value is -4.46. The third-order valence-corrected chi connectivity index (χ3v) is 5.50. The van der Waals surface area contributed by atoms with Gasteiger partial charge in [0.1, 0.15) is 16.9 Å². The van der Waals surface area contributed by atoms with Crippen molar-refractivity contribution in [2.45, 2.75) is 33.0 Å². The summed E-state index contributed by atoms with van der Waals surface area (Å²) >= 11 is 0. The van der Waals surface area contributed by atoms with E-state index in [-0.39, 0.29) is 24.2 Å². The quantitative estimate of drug-likeness (QED) is 0.391. The molecule has 2 amide bonds. The second-order valence-corrected chi connectivity index (χ2v) is 8.15. The Bertz CT molecular complexity index is 1340. The van der Waals surface area contributed by atoms with Crippen molar-refractivity contribution < 1.29 is 14.0 Å². The van der Waals surface area contributed by atoms with E-state index in [0.717, 1.165) is 16.8 Å². The van der Waals surface area contributed by atoms with E-state index in [9.17, 15) is 14.4 Å². The summed E-state index contributed by atoms with van der Waals surface area (Å²) < 4.78 is 6.91. The molecule has 0 atom stereocenters. The van der Waals surface area contributed by atoms with Crippen molar-refractivity contribution >= 4 is 11.8 Å². The number of nitrogens with zero attached hydrogens (tertiary/aromatic N) is 2. The van der Waals surface area contributed by atoms with E-state index in [1.807, 2.05) is 49.4 Å². The summed E-state index contributed by atoms with van der Waals surface area (Å²) in [5.41, 5.74) is 2.05. The molecule has 0 unspecified atom stereocenters. The highest BCUT2D eigenvalue weighted by molar-refractivity contribution is 5.99. The lowest BCUT2D eigenvalue weighted by Gasteiger charge is -2.13. The summed E-state index contributed by atoms with van der Waals surface area (Å²) in [4.78, 5) is 43.3. The van der Waals surface area contributed by atoms with E-state index in [2.05, 4.69) is 15.6 Å². The van der Waals surface area contributed by atoms with Gasteiger partial charge in [0, 0.05) is 43.8 Å². The molecular weight excluding hydrogens is 444 g/mol. The molecule has 0 fully saturated rings. The third-order valence-electron chi connectivity index (χ3n) is 5.50. The second-order valence-electron chi connectivity index (χ2n) is 8.15. The maximum absolute atomic E-state index is 13.1. The maximum atomic E-state index is 13.1. The highest BCUT2D eigenvalue weighted by atomic mass is 16.3. The smallest absolute Gasteiger partial charge is 0.257 e. The van der Waals surface area contributed by atoms with Crippen LogP contribution in [-0.2, 0) is 26.1 Å². The van der Waals surface area contributed by atoms with Gasteiger partial charge in [-0.05, 0) is 36.8 Å². The highest BCUT2D eigenvalue weighted by Gasteiger charge is 2.19. The molecule has 0 saturated carbocycles. The lowest BCUT2D eigenvalue weighted by molar-refractivity contribution is 0.0945. The van der Waals surface area contributed by atoms with Crippen LogP contribution >= 0.6 is 0 Å². The van der Waals surface area contributed by atoms with E-state index in [1.165, 1.54) is 18.7 Å². The number of rotatable bonds is 9. The fourth-order valence-electron chi connectivity index (χ4n) is 3.53. The Balaban J connectivity index is 1.56. The second kappa shape index (κ2) is 11.1. The fourth-order valence-corrected chi connectivity index (χ4v) is 3.53. The van der Waals surface area contributed by atoms with Gasteiger partial charge in [-0.2, -0.15) is 0 Å². The number of amides is 2. The number of benzene rings is 1. The fraction of sp³-hybridized carbons (Fsp3) is 0.185. The highest BCUT2D eigenvalue weighted by Crippen LogP contribution is 2.06. The van der Waals surface area contributed by atoms with Crippen molar-refractivity contribution in [2.75, 3.05) is 0 Å². The summed E-state index contributed by atoms with van der Waals surface area (Å²) in [6, 6.07) is 16.8. The zero-order valence-corrected chi connectivity index (χ0v) is 19.4. The van der Waals surface area contributed by atoms with Gasteiger partial charge in [0.25, 0.3) is 11.8 Å². The molecule has 0 aliphatic heterocycles. The molecule has 4 rings (SSSR count). The monoisotopic (exact) mass is 470 g/mol. The molecule has 0 aliphatic carbocycles. The van der Waals surface area contributed by atoms with Crippen molar-refractivity contribution in [2.24, 2.45) is 0 Å². The molecule has 35 heavy (non-hydrogen) atoms. The van der Waals surface area contributed by atoms with Gasteiger partial charge in [-0.1, -0.05) is 35.9 Å². The van der Waals surface area contributed by atoms with Crippen molar-refractivity contribution in [3.8, 4) is 0 Å². The molecule has 2 N–H and O–H groups in total. The summed E-state index contributed by atoms with van der Waals surface area (Å²) in [5, 5.41) is 5.47. The van der Waals surface area contributed by atoms with Crippen molar-refractivity contribution in [1.82, 2.24) is 20.2 Å². The maximum Gasteiger partial charge on any atom is 0.257 e. The third kappa shape index (κ3) is 6.32. The largest absolute Gasteiger partial charge is 0.467 e. The number of aromatic nitrogens is 2. The van der Waals surface area contributed by atoms with Crippen molar-refractivity contribution in [3.05, 3.63) is 123 Å². The lowest BCUT2D eigenvalue weighted by Crippen LogP contribution is -2.35. The van der Waals surface area contributed by atoms with Gasteiger partial charge in [0.2, 0.25) is 5.43 Å². The lowest BCUT2D eigenvalue weighted by atomic mass is 10.1. The van der Waals surface area contributed by atoms with Crippen molar-refractivity contribution in [1.29, 1.82) is 0 Å². The Morgan fingerprint density at radius 1 is 0.914 bits per heavy atom. The summed E-state index contributed by atoms with van der Waals surface area (Å²) in [5.74, 6) is -0.560. The SMILES string of the molecule is Cc1ccc(CNC(=O)c2cn(CCc3ccccn3)cc(C(=O)NCc3ccco3)c2=O)cc1. The Morgan fingerprint density at radius 2 is 1.63 bits per heavy atom. The zero-order valence-electron chi connectivity index (χ0n) is 19.4. The van der Waals surface area contributed by atoms with Gasteiger partial charge in [0.05, 0.1) is 12.8 Å². The zero-order chi connectivity index (χ0) is 24.6. The van der Waals surface area contributed by atoms with Crippen LogP contribution in [0.4, 0.5) is 0 Å². The number of hydrogen-bond donors (Lipinski definition) is 2. The molecule has 3 aromatic heterocycles. The predicted octanol–water partition coefficient (Wildman–Crippen LogP) is 3.25. The van der Waals surface area contributed by atoms with Crippen LogP contribution in [0.25, 0.3) is 0 Å². The summed E-state index contributed by atoms with van der Waals surface area (Å²) in [6.45, 7) is 2.82. The Kier molecular flexibility index (Phi) is 7.52. The van der Waals surface area contributed by atoms with Gasteiger partial charge >= 0.3 is 0 Å².